The Balaban J connectivity index is 1.95. The molecule has 1 fully saturated rings. The van der Waals surface area contributed by atoms with Gasteiger partial charge in [-0.25, -0.2) is 0 Å². The third kappa shape index (κ3) is 3.16. The molecule has 1 amide bonds. The minimum atomic E-state index is -0.102. The van der Waals surface area contributed by atoms with Gasteiger partial charge in [0, 0.05) is 5.56 Å². The first-order valence-electron chi connectivity index (χ1n) is 7.08. The standard InChI is InChI=1S/C18H15NO2S2/c1-12-7-9-14(10-8-12)19-17(20)16(23-18(19)22)11-13-5-3-4-6-15(13)21-2/h3-11H,1-2H3. The van der Waals surface area contributed by atoms with E-state index >= 15 is 0 Å². The highest BCUT2D eigenvalue weighted by Crippen LogP contribution is 2.37. The van der Waals surface area contributed by atoms with E-state index in [9.17, 15) is 4.79 Å². The largest absolute Gasteiger partial charge is 0.496 e. The molecule has 0 radical (unpaired) electrons. The average molecular weight is 341 g/mol. The Morgan fingerprint density at radius 3 is 2.52 bits per heavy atom. The average Bonchev–Trinajstić information content (AvgIpc) is 2.83. The number of benzene rings is 2. The summed E-state index contributed by atoms with van der Waals surface area (Å²) in [5, 5.41) is 0. The van der Waals surface area contributed by atoms with Crippen LogP contribution in [-0.4, -0.2) is 17.3 Å². The van der Waals surface area contributed by atoms with Crippen molar-refractivity contribution in [3.05, 3.63) is 64.6 Å². The molecule has 2 aromatic rings. The Morgan fingerprint density at radius 2 is 1.83 bits per heavy atom. The molecule has 1 aliphatic heterocycles. The molecule has 0 N–H and O–H groups in total. The molecular formula is C18H15NO2S2. The van der Waals surface area contributed by atoms with Crippen molar-refractivity contribution in [2.75, 3.05) is 12.0 Å². The molecule has 2 aromatic carbocycles. The van der Waals surface area contributed by atoms with Gasteiger partial charge in [0.2, 0.25) is 0 Å². The molecule has 1 heterocycles. The number of hydrogen-bond donors (Lipinski definition) is 0. The van der Waals surface area contributed by atoms with E-state index in [2.05, 4.69) is 0 Å². The van der Waals surface area contributed by atoms with Crippen LogP contribution in [-0.2, 0) is 4.79 Å². The third-order valence-electron chi connectivity index (χ3n) is 3.51. The van der Waals surface area contributed by atoms with Crippen molar-refractivity contribution in [3.8, 4) is 5.75 Å². The van der Waals surface area contributed by atoms with Gasteiger partial charge in [0.05, 0.1) is 17.7 Å². The number of ether oxygens (including phenoxy) is 1. The quantitative estimate of drug-likeness (QED) is 0.611. The second kappa shape index (κ2) is 6.56. The van der Waals surface area contributed by atoms with Gasteiger partial charge in [0.1, 0.15) is 5.75 Å². The molecule has 0 saturated carbocycles. The summed E-state index contributed by atoms with van der Waals surface area (Å²) in [7, 11) is 1.62. The summed E-state index contributed by atoms with van der Waals surface area (Å²) in [5.74, 6) is 0.628. The van der Waals surface area contributed by atoms with Crippen LogP contribution in [0.1, 0.15) is 11.1 Å². The molecule has 1 saturated heterocycles. The zero-order valence-electron chi connectivity index (χ0n) is 12.8. The predicted molar refractivity (Wildman–Crippen MR) is 99.8 cm³/mol. The van der Waals surface area contributed by atoms with Crippen molar-refractivity contribution >= 4 is 46.0 Å². The lowest BCUT2D eigenvalue weighted by Crippen LogP contribution is -2.27. The highest BCUT2D eigenvalue weighted by Gasteiger charge is 2.33. The molecule has 23 heavy (non-hydrogen) atoms. The Bertz CT molecular complexity index is 797. The first kappa shape index (κ1) is 15.8. The number of thiocarbonyl (C=S) groups is 1. The van der Waals surface area contributed by atoms with Crippen molar-refractivity contribution in [2.45, 2.75) is 6.92 Å². The number of carbonyl (C=O) groups is 1. The molecule has 0 bridgehead atoms. The van der Waals surface area contributed by atoms with Gasteiger partial charge < -0.3 is 4.74 Å². The number of hydrogen-bond acceptors (Lipinski definition) is 4. The summed E-state index contributed by atoms with van der Waals surface area (Å²) < 4.78 is 5.87. The summed E-state index contributed by atoms with van der Waals surface area (Å²) in [5.41, 5.74) is 2.80. The Labute approximate surface area is 144 Å². The van der Waals surface area contributed by atoms with Crippen LogP contribution in [0.4, 0.5) is 5.69 Å². The van der Waals surface area contributed by atoms with E-state index < -0.39 is 0 Å². The van der Waals surface area contributed by atoms with E-state index in [1.807, 2.05) is 61.5 Å². The topological polar surface area (TPSA) is 29.5 Å². The maximum atomic E-state index is 12.7. The van der Waals surface area contributed by atoms with Crippen molar-refractivity contribution in [1.29, 1.82) is 0 Å². The first-order chi connectivity index (χ1) is 11.1. The summed E-state index contributed by atoms with van der Waals surface area (Å²) in [6.07, 6.45) is 1.83. The number of anilines is 1. The van der Waals surface area contributed by atoms with Crippen LogP contribution in [0.3, 0.4) is 0 Å². The molecule has 116 valence electrons. The van der Waals surface area contributed by atoms with Gasteiger partial charge in [0.25, 0.3) is 5.91 Å². The van der Waals surface area contributed by atoms with Gasteiger partial charge in [-0.15, -0.1) is 0 Å². The number of rotatable bonds is 3. The summed E-state index contributed by atoms with van der Waals surface area (Å²) >= 11 is 6.69. The van der Waals surface area contributed by atoms with Gasteiger partial charge in [-0.2, -0.15) is 0 Å². The highest BCUT2D eigenvalue weighted by molar-refractivity contribution is 8.27. The van der Waals surface area contributed by atoms with Crippen LogP contribution >= 0.6 is 24.0 Å². The maximum absolute atomic E-state index is 12.7. The van der Waals surface area contributed by atoms with Crippen LogP contribution < -0.4 is 9.64 Å². The number of nitrogens with zero attached hydrogens (tertiary/aromatic N) is 1. The number of thioether (sulfide) groups is 1. The summed E-state index contributed by atoms with van der Waals surface area (Å²) in [4.78, 5) is 14.9. The minimum absolute atomic E-state index is 0.102. The fourth-order valence-electron chi connectivity index (χ4n) is 2.31. The molecule has 3 nitrogen and oxygen atoms in total. The zero-order valence-corrected chi connectivity index (χ0v) is 14.4. The van der Waals surface area contributed by atoms with E-state index in [0.717, 1.165) is 22.6 Å². The van der Waals surface area contributed by atoms with Crippen molar-refractivity contribution < 1.29 is 9.53 Å². The molecule has 0 unspecified atom stereocenters. The molecule has 0 spiro atoms. The minimum Gasteiger partial charge on any atom is -0.496 e. The second-order valence-corrected chi connectivity index (χ2v) is 6.77. The molecule has 0 aliphatic carbocycles. The van der Waals surface area contributed by atoms with E-state index in [-0.39, 0.29) is 5.91 Å². The zero-order chi connectivity index (χ0) is 16.4. The first-order valence-corrected chi connectivity index (χ1v) is 8.30. The summed E-state index contributed by atoms with van der Waals surface area (Å²) in [6.45, 7) is 2.01. The monoisotopic (exact) mass is 341 g/mol. The number of carbonyl (C=O) groups excluding carboxylic acids is 1. The summed E-state index contributed by atoms with van der Waals surface area (Å²) in [6, 6.07) is 15.3. The van der Waals surface area contributed by atoms with Crippen LogP contribution in [0, 0.1) is 6.92 Å². The fourth-order valence-corrected chi connectivity index (χ4v) is 3.60. The van der Waals surface area contributed by atoms with Gasteiger partial charge >= 0.3 is 0 Å². The van der Waals surface area contributed by atoms with Crippen molar-refractivity contribution in [3.63, 3.8) is 0 Å². The number of amides is 1. The van der Waals surface area contributed by atoms with E-state index in [4.69, 9.17) is 17.0 Å². The lowest BCUT2D eigenvalue weighted by molar-refractivity contribution is -0.113. The Hall–Kier alpha value is -2.11. The smallest absolute Gasteiger partial charge is 0.270 e. The number of aryl methyl sites for hydroxylation is 1. The normalized spacial score (nSPS) is 16.3. The molecular weight excluding hydrogens is 326 g/mol. The Kier molecular flexibility index (Phi) is 4.50. The van der Waals surface area contributed by atoms with Gasteiger partial charge in [-0.3, -0.25) is 9.69 Å². The Morgan fingerprint density at radius 1 is 1.13 bits per heavy atom. The molecule has 5 heteroatoms. The molecule has 3 rings (SSSR count). The number of methoxy groups -OCH3 is 1. The maximum Gasteiger partial charge on any atom is 0.270 e. The SMILES string of the molecule is COc1ccccc1C=C1SC(=S)N(c2ccc(C)cc2)C1=O. The van der Waals surface area contributed by atoms with Crippen LogP contribution in [0.5, 0.6) is 5.75 Å². The van der Waals surface area contributed by atoms with Gasteiger partial charge in [0.15, 0.2) is 4.32 Å². The third-order valence-corrected chi connectivity index (χ3v) is 4.81. The van der Waals surface area contributed by atoms with Crippen molar-refractivity contribution in [1.82, 2.24) is 0 Å². The fraction of sp³-hybridized carbons (Fsp3) is 0.111. The highest BCUT2D eigenvalue weighted by atomic mass is 32.2. The van der Waals surface area contributed by atoms with E-state index in [0.29, 0.717) is 9.23 Å². The van der Waals surface area contributed by atoms with Crippen LogP contribution in [0.15, 0.2) is 53.4 Å². The lowest BCUT2D eigenvalue weighted by Gasteiger charge is -2.14. The van der Waals surface area contributed by atoms with Gasteiger partial charge in [-0.05, 0) is 31.2 Å². The molecule has 1 aliphatic rings. The molecule has 0 aromatic heterocycles. The molecule has 0 atom stereocenters. The van der Waals surface area contributed by atoms with Crippen LogP contribution in [0.2, 0.25) is 0 Å². The van der Waals surface area contributed by atoms with Crippen LogP contribution in [0.25, 0.3) is 6.08 Å². The van der Waals surface area contributed by atoms with Crippen molar-refractivity contribution in [2.24, 2.45) is 0 Å². The number of para-hydroxylation sites is 1. The van der Waals surface area contributed by atoms with Gasteiger partial charge in [-0.1, -0.05) is 59.9 Å². The van der Waals surface area contributed by atoms with E-state index in [1.165, 1.54) is 11.8 Å². The van der Waals surface area contributed by atoms with E-state index in [1.54, 1.807) is 12.0 Å². The lowest BCUT2D eigenvalue weighted by atomic mass is 10.1. The predicted octanol–water partition coefficient (Wildman–Crippen LogP) is 4.41. The second-order valence-electron chi connectivity index (χ2n) is 5.09.